The van der Waals surface area contributed by atoms with Crippen molar-refractivity contribution >= 4 is 0 Å². The number of benzene rings is 1. The maximum atomic E-state index is 12.0. The maximum absolute atomic E-state index is 12.0. The summed E-state index contributed by atoms with van der Waals surface area (Å²) in [5.41, 5.74) is 2.64. The number of aromatic nitrogens is 2. The average molecular weight is 296 g/mol. The Labute approximate surface area is 127 Å². The number of pyridine rings is 1. The Kier molecular flexibility index (Phi) is 3.78. The predicted molar refractivity (Wildman–Crippen MR) is 83.0 cm³/mol. The van der Waals surface area contributed by atoms with E-state index in [1.165, 1.54) is 0 Å². The van der Waals surface area contributed by atoms with Gasteiger partial charge in [-0.25, -0.2) is 0 Å². The summed E-state index contributed by atoms with van der Waals surface area (Å²) in [7, 11) is 1.63. The molecule has 1 aromatic carbocycles. The molecule has 0 aliphatic rings. The van der Waals surface area contributed by atoms with Gasteiger partial charge in [0.25, 0.3) is 5.56 Å². The summed E-state index contributed by atoms with van der Waals surface area (Å²) in [6.07, 6.45) is 1.83. The first-order valence-electron chi connectivity index (χ1n) is 6.93. The number of hydrogen-bond acceptors (Lipinski definition) is 4. The number of ether oxygens (including phenoxy) is 1. The van der Waals surface area contributed by atoms with E-state index in [0.29, 0.717) is 6.54 Å². The van der Waals surface area contributed by atoms with Gasteiger partial charge in [-0.3, -0.25) is 4.79 Å². The molecule has 5 heteroatoms. The molecule has 112 valence electrons. The van der Waals surface area contributed by atoms with Crippen molar-refractivity contribution in [2.75, 3.05) is 7.11 Å². The molecular formula is C17H16N2O3. The number of nitrogens with zero attached hydrogens (tertiary/aromatic N) is 2. The standard InChI is InChI=1S/C17H16N2O3/c1-12-9-15(18-22-12)11-19-10-14(5-8-17(19)20)13-3-6-16(21-2)7-4-13/h3-10H,11H2,1-2H3. The van der Waals surface area contributed by atoms with E-state index in [2.05, 4.69) is 5.16 Å². The fourth-order valence-electron chi connectivity index (χ4n) is 2.28. The minimum atomic E-state index is -0.0714. The van der Waals surface area contributed by atoms with Gasteiger partial charge in [0.05, 0.1) is 13.7 Å². The third-order valence-corrected chi connectivity index (χ3v) is 3.42. The maximum Gasteiger partial charge on any atom is 0.250 e. The normalized spacial score (nSPS) is 10.6. The monoisotopic (exact) mass is 296 g/mol. The van der Waals surface area contributed by atoms with Gasteiger partial charge in [0.15, 0.2) is 0 Å². The summed E-state index contributed by atoms with van der Waals surface area (Å²) in [6, 6.07) is 12.9. The molecule has 0 fully saturated rings. The zero-order chi connectivity index (χ0) is 15.5. The summed E-state index contributed by atoms with van der Waals surface area (Å²) >= 11 is 0. The Hall–Kier alpha value is -2.82. The molecule has 0 aliphatic heterocycles. The second-order valence-corrected chi connectivity index (χ2v) is 5.04. The van der Waals surface area contributed by atoms with E-state index < -0.39 is 0 Å². The van der Waals surface area contributed by atoms with E-state index >= 15 is 0 Å². The third kappa shape index (κ3) is 2.93. The second-order valence-electron chi connectivity index (χ2n) is 5.04. The zero-order valence-corrected chi connectivity index (χ0v) is 12.4. The SMILES string of the molecule is COc1ccc(-c2ccc(=O)n(Cc3cc(C)on3)c2)cc1. The molecule has 2 aromatic heterocycles. The van der Waals surface area contributed by atoms with Crippen LogP contribution in [0.4, 0.5) is 0 Å². The van der Waals surface area contributed by atoms with Gasteiger partial charge in [0.1, 0.15) is 17.2 Å². The minimum absolute atomic E-state index is 0.0714. The van der Waals surface area contributed by atoms with Crippen LogP contribution in [0.15, 0.2) is 58.0 Å². The Bertz CT molecular complexity index is 832. The van der Waals surface area contributed by atoms with Crippen molar-refractivity contribution in [1.29, 1.82) is 0 Å². The first-order chi connectivity index (χ1) is 10.7. The summed E-state index contributed by atoms with van der Waals surface area (Å²) in [5, 5.41) is 3.93. The smallest absolute Gasteiger partial charge is 0.250 e. The van der Waals surface area contributed by atoms with Crippen LogP contribution in [0.25, 0.3) is 11.1 Å². The van der Waals surface area contributed by atoms with Gasteiger partial charge < -0.3 is 13.8 Å². The van der Waals surface area contributed by atoms with Crippen LogP contribution in [0, 0.1) is 6.92 Å². The molecule has 0 radical (unpaired) electrons. The number of rotatable bonds is 4. The Morgan fingerprint density at radius 3 is 2.50 bits per heavy atom. The number of aryl methyl sites for hydroxylation is 1. The lowest BCUT2D eigenvalue weighted by atomic mass is 10.1. The molecule has 5 nitrogen and oxygen atoms in total. The van der Waals surface area contributed by atoms with Crippen LogP contribution in [0.3, 0.4) is 0 Å². The van der Waals surface area contributed by atoms with Gasteiger partial charge in [0.2, 0.25) is 0 Å². The van der Waals surface area contributed by atoms with E-state index in [-0.39, 0.29) is 5.56 Å². The molecule has 0 saturated carbocycles. The molecule has 2 heterocycles. The topological polar surface area (TPSA) is 57.3 Å². The molecule has 0 aliphatic carbocycles. The van der Waals surface area contributed by atoms with Crippen molar-refractivity contribution < 1.29 is 9.26 Å². The fourth-order valence-corrected chi connectivity index (χ4v) is 2.28. The minimum Gasteiger partial charge on any atom is -0.497 e. The molecule has 0 bridgehead atoms. The lowest BCUT2D eigenvalue weighted by Crippen LogP contribution is -2.19. The molecule has 22 heavy (non-hydrogen) atoms. The Morgan fingerprint density at radius 2 is 1.86 bits per heavy atom. The summed E-state index contributed by atoms with van der Waals surface area (Å²) in [6.45, 7) is 2.22. The highest BCUT2D eigenvalue weighted by molar-refractivity contribution is 5.63. The van der Waals surface area contributed by atoms with Gasteiger partial charge in [-0.15, -0.1) is 0 Å². The van der Waals surface area contributed by atoms with Crippen molar-refractivity contribution in [2.45, 2.75) is 13.5 Å². The van der Waals surface area contributed by atoms with Crippen LogP contribution in [-0.4, -0.2) is 16.8 Å². The molecule has 0 atom stereocenters. The van der Waals surface area contributed by atoms with E-state index in [9.17, 15) is 4.79 Å². The largest absolute Gasteiger partial charge is 0.497 e. The van der Waals surface area contributed by atoms with Gasteiger partial charge in [0, 0.05) is 18.3 Å². The van der Waals surface area contributed by atoms with E-state index in [1.807, 2.05) is 49.5 Å². The van der Waals surface area contributed by atoms with Crippen molar-refractivity contribution in [2.24, 2.45) is 0 Å². The molecule has 0 N–H and O–H groups in total. The lowest BCUT2D eigenvalue weighted by Gasteiger charge is -2.07. The highest BCUT2D eigenvalue weighted by Gasteiger charge is 2.06. The molecule has 3 aromatic rings. The Balaban J connectivity index is 1.93. The van der Waals surface area contributed by atoms with Crippen LogP contribution in [-0.2, 0) is 6.54 Å². The summed E-state index contributed by atoms with van der Waals surface area (Å²) in [5.74, 6) is 1.53. The Morgan fingerprint density at radius 1 is 1.14 bits per heavy atom. The quantitative estimate of drug-likeness (QED) is 0.743. The zero-order valence-electron chi connectivity index (χ0n) is 12.4. The highest BCUT2D eigenvalue weighted by Crippen LogP contribution is 2.21. The number of hydrogen-bond donors (Lipinski definition) is 0. The van der Waals surface area contributed by atoms with Crippen molar-refractivity contribution in [3.63, 3.8) is 0 Å². The fraction of sp³-hybridized carbons (Fsp3) is 0.176. The van der Waals surface area contributed by atoms with Crippen molar-refractivity contribution in [3.8, 4) is 16.9 Å². The lowest BCUT2D eigenvalue weighted by molar-refractivity contribution is 0.388. The molecule has 0 saturated heterocycles. The van der Waals surface area contributed by atoms with Crippen LogP contribution in [0.2, 0.25) is 0 Å². The van der Waals surface area contributed by atoms with Crippen LogP contribution in [0.5, 0.6) is 5.75 Å². The molecule has 0 spiro atoms. The third-order valence-electron chi connectivity index (χ3n) is 3.42. The molecule has 0 unspecified atom stereocenters. The summed E-state index contributed by atoms with van der Waals surface area (Å²) < 4.78 is 11.8. The highest BCUT2D eigenvalue weighted by atomic mass is 16.5. The second kappa shape index (κ2) is 5.89. The van der Waals surface area contributed by atoms with Gasteiger partial charge in [-0.05, 0) is 36.2 Å². The van der Waals surface area contributed by atoms with Crippen LogP contribution >= 0.6 is 0 Å². The predicted octanol–water partition coefficient (Wildman–Crippen LogP) is 2.87. The van der Waals surface area contributed by atoms with Gasteiger partial charge in [-0.2, -0.15) is 0 Å². The van der Waals surface area contributed by atoms with Gasteiger partial charge in [-0.1, -0.05) is 17.3 Å². The van der Waals surface area contributed by atoms with E-state index in [1.54, 1.807) is 17.7 Å². The van der Waals surface area contributed by atoms with Crippen molar-refractivity contribution in [3.05, 3.63) is 70.5 Å². The average Bonchev–Trinajstić information content (AvgIpc) is 2.95. The first kappa shape index (κ1) is 14.1. The van der Waals surface area contributed by atoms with Gasteiger partial charge >= 0.3 is 0 Å². The van der Waals surface area contributed by atoms with E-state index in [0.717, 1.165) is 28.3 Å². The summed E-state index contributed by atoms with van der Waals surface area (Å²) in [4.78, 5) is 12.0. The van der Waals surface area contributed by atoms with E-state index in [4.69, 9.17) is 9.26 Å². The first-order valence-corrected chi connectivity index (χ1v) is 6.93. The molecule has 0 amide bonds. The van der Waals surface area contributed by atoms with Crippen molar-refractivity contribution in [1.82, 2.24) is 9.72 Å². The molecule has 3 rings (SSSR count). The molecular weight excluding hydrogens is 280 g/mol. The number of methoxy groups -OCH3 is 1. The van der Waals surface area contributed by atoms with Crippen LogP contribution < -0.4 is 10.3 Å². The van der Waals surface area contributed by atoms with Crippen LogP contribution in [0.1, 0.15) is 11.5 Å².